The summed E-state index contributed by atoms with van der Waals surface area (Å²) >= 11 is 0. The smallest absolute Gasteiger partial charge is 0.306 e. The molecule has 0 aromatic heterocycles. The van der Waals surface area contributed by atoms with E-state index in [0.29, 0.717) is 13.1 Å². The molecule has 1 rings (SSSR count). The Hall–Kier alpha value is -2.37. The van der Waals surface area contributed by atoms with Crippen molar-refractivity contribution in [2.45, 2.75) is 39.8 Å². The first-order valence-electron chi connectivity index (χ1n) is 7.61. The number of carbonyl (C=O) groups is 3. The Labute approximate surface area is 136 Å². The Bertz CT molecular complexity index is 538. The van der Waals surface area contributed by atoms with Crippen molar-refractivity contribution in [2.75, 3.05) is 7.11 Å². The Balaban J connectivity index is 2.35. The molecule has 0 spiro atoms. The predicted molar refractivity (Wildman–Crippen MR) is 86.2 cm³/mol. The lowest BCUT2D eigenvalue weighted by Gasteiger charge is -2.09. The maximum atomic E-state index is 11.6. The van der Waals surface area contributed by atoms with Gasteiger partial charge in [-0.3, -0.25) is 14.4 Å². The summed E-state index contributed by atoms with van der Waals surface area (Å²) in [5, 5.41) is 5.60. The van der Waals surface area contributed by atoms with Gasteiger partial charge in [0.05, 0.1) is 13.5 Å². The molecule has 0 atom stereocenters. The monoisotopic (exact) mass is 320 g/mol. The second-order valence-corrected chi connectivity index (χ2v) is 5.54. The summed E-state index contributed by atoms with van der Waals surface area (Å²) < 4.78 is 4.48. The summed E-state index contributed by atoms with van der Waals surface area (Å²) in [5.74, 6) is -0.599. The van der Waals surface area contributed by atoms with Crippen LogP contribution in [-0.2, 0) is 32.2 Å². The Morgan fingerprint density at radius 1 is 0.957 bits per heavy atom. The molecule has 2 N–H and O–H groups in total. The quantitative estimate of drug-likeness (QED) is 0.711. The number of rotatable bonds is 8. The molecule has 0 heterocycles. The summed E-state index contributed by atoms with van der Waals surface area (Å²) in [6.45, 7) is 4.59. The van der Waals surface area contributed by atoms with Crippen molar-refractivity contribution in [3.8, 4) is 0 Å². The third kappa shape index (κ3) is 7.44. The van der Waals surface area contributed by atoms with Crippen LogP contribution in [0.15, 0.2) is 24.3 Å². The minimum absolute atomic E-state index is 0.0203. The maximum absolute atomic E-state index is 11.6. The van der Waals surface area contributed by atoms with Crippen LogP contribution in [0.4, 0.5) is 0 Å². The van der Waals surface area contributed by atoms with E-state index in [1.54, 1.807) is 0 Å². The molecule has 0 aliphatic rings. The van der Waals surface area contributed by atoms with E-state index in [0.717, 1.165) is 11.1 Å². The summed E-state index contributed by atoms with van der Waals surface area (Å²) in [6, 6.07) is 7.63. The van der Waals surface area contributed by atoms with Gasteiger partial charge >= 0.3 is 5.97 Å². The van der Waals surface area contributed by atoms with Crippen LogP contribution < -0.4 is 10.6 Å². The number of methoxy groups -OCH3 is 1. The first-order valence-corrected chi connectivity index (χ1v) is 7.61. The van der Waals surface area contributed by atoms with Crippen molar-refractivity contribution < 1.29 is 19.1 Å². The van der Waals surface area contributed by atoms with Gasteiger partial charge in [0.15, 0.2) is 0 Å². The number of hydrogen-bond donors (Lipinski definition) is 2. The molecule has 23 heavy (non-hydrogen) atoms. The van der Waals surface area contributed by atoms with Gasteiger partial charge in [0, 0.05) is 25.4 Å². The zero-order chi connectivity index (χ0) is 17.2. The summed E-state index contributed by atoms with van der Waals surface area (Å²) in [6.07, 6.45) is 0.197. The van der Waals surface area contributed by atoms with Crippen LogP contribution in [0.1, 0.15) is 37.8 Å². The van der Waals surface area contributed by atoms with E-state index >= 15 is 0 Å². The van der Waals surface area contributed by atoms with Crippen LogP contribution in [0.5, 0.6) is 0 Å². The summed E-state index contributed by atoms with van der Waals surface area (Å²) in [4.78, 5) is 34.0. The molecule has 2 amide bonds. The molecule has 0 aliphatic heterocycles. The second kappa shape index (κ2) is 9.61. The first kappa shape index (κ1) is 18.7. The van der Waals surface area contributed by atoms with Gasteiger partial charge in [0.1, 0.15) is 0 Å². The van der Waals surface area contributed by atoms with Crippen LogP contribution in [0.3, 0.4) is 0 Å². The third-order valence-electron chi connectivity index (χ3n) is 3.29. The molecule has 6 nitrogen and oxygen atoms in total. The second-order valence-electron chi connectivity index (χ2n) is 5.54. The minimum atomic E-state index is -0.395. The molecule has 0 aliphatic carbocycles. The number of esters is 1. The Kier molecular flexibility index (Phi) is 7.80. The van der Waals surface area contributed by atoms with Crippen molar-refractivity contribution in [1.82, 2.24) is 10.6 Å². The van der Waals surface area contributed by atoms with E-state index < -0.39 is 5.97 Å². The van der Waals surface area contributed by atoms with E-state index in [-0.39, 0.29) is 30.6 Å². The van der Waals surface area contributed by atoms with E-state index in [4.69, 9.17) is 0 Å². The van der Waals surface area contributed by atoms with E-state index in [1.807, 2.05) is 38.1 Å². The number of ether oxygens (including phenoxy) is 1. The van der Waals surface area contributed by atoms with Crippen molar-refractivity contribution in [3.63, 3.8) is 0 Å². The molecule has 6 heteroatoms. The Morgan fingerprint density at radius 3 is 1.96 bits per heavy atom. The standard InChI is InChI=1S/C17H24N2O4/c1-12(2)17(22)19-11-14-6-4-13(5-7-14)10-18-15(20)8-9-16(21)23-3/h4-7,12H,8-11H2,1-3H3,(H,18,20)(H,19,22). The van der Waals surface area contributed by atoms with E-state index in [2.05, 4.69) is 15.4 Å². The zero-order valence-corrected chi connectivity index (χ0v) is 13.8. The van der Waals surface area contributed by atoms with Crippen molar-refractivity contribution >= 4 is 17.8 Å². The first-order chi connectivity index (χ1) is 10.9. The van der Waals surface area contributed by atoms with Gasteiger partial charge in [-0.05, 0) is 11.1 Å². The predicted octanol–water partition coefficient (Wildman–Crippen LogP) is 1.53. The van der Waals surface area contributed by atoms with Gasteiger partial charge in [-0.1, -0.05) is 38.1 Å². The van der Waals surface area contributed by atoms with Crippen LogP contribution in [0.25, 0.3) is 0 Å². The molecular weight excluding hydrogens is 296 g/mol. The van der Waals surface area contributed by atoms with Gasteiger partial charge < -0.3 is 15.4 Å². The maximum Gasteiger partial charge on any atom is 0.306 e. The highest BCUT2D eigenvalue weighted by molar-refractivity contribution is 5.81. The van der Waals surface area contributed by atoms with Crippen molar-refractivity contribution in [3.05, 3.63) is 35.4 Å². The molecule has 0 bridgehead atoms. The third-order valence-corrected chi connectivity index (χ3v) is 3.29. The molecule has 0 saturated heterocycles. The van der Waals surface area contributed by atoms with Crippen LogP contribution >= 0.6 is 0 Å². The molecule has 0 saturated carbocycles. The normalized spacial score (nSPS) is 10.3. The SMILES string of the molecule is COC(=O)CCC(=O)NCc1ccc(CNC(=O)C(C)C)cc1. The van der Waals surface area contributed by atoms with Gasteiger partial charge in [-0.2, -0.15) is 0 Å². The van der Waals surface area contributed by atoms with E-state index in [9.17, 15) is 14.4 Å². The largest absolute Gasteiger partial charge is 0.469 e. The average molecular weight is 320 g/mol. The minimum Gasteiger partial charge on any atom is -0.469 e. The number of carbonyl (C=O) groups excluding carboxylic acids is 3. The molecule has 1 aromatic carbocycles. The fourth-order valence-corrected chi connectivity index (χ4v) is 1.77. The van der Waals surface area contributed by atoms with Crippen LogP contribution in [0.2, 0.25) is 0 Å². The van der Waals surface area contributed by atoms with Gasteiger partial charge in [-0.25, -0.2) is 0 Å². The van der Waals surface area contributed by atoms with Crippen LogP contribution in [-0.4, -0.2) is 24.9 Å². The highest BCUT2D eigenvalue weighted by Crippen LogP contribution is 2.05. The molecule has 1 aromatic rings. The number of benzene rings is 1. The lowest BCUT2D eigenvalue weighted by molar-refractivity contribution is -0.142. The summed E-state index contributed by atoms with van der Waals surface area (Å²) in [7, 11) is 1.30. The Morgan fingerprint density at radius 2 is 1.48 bits per heavy atom. The van der Waals surface area contributed by atoms with E-state index in [1.165, 1.54) is 7.11 Å². The number of nitrogens with one attached hydrogen (secondary N) is 2. The number of amides is 2. The van der Waals surface area contributed by atoms with Crippen LogP contribution in [0, 0.1) is 5.92 Å². The fourth-order valence-electron chi connectivity index (χ4n) is 1.77. The molecule has 126 valence electrons. The lowest BCUT2D eigenvalue weighted by Crippen LogP contribution is -2.27. The van der Waals surface area contributed by atoms with Gasteiger partial charge in [0.2, 0.25) is 11.8 Å². The molecule has 0 radical (unpaired) electrons. The fraction of sp³-hybridized carbons (Fsp3) is 0.471. The highest BCUT2D eigenvalue weighted by atomic mass is 16.5. The average Bonchev–Trinajstić information content (AvgIpc) is 2.56. The molecule has 0 fully saturated rings. The topological polar surface area (TPSA) is 84.5 Å². The zero-order valence-electron chi connectivity index (χ0n) is 13.8. The van der Waals surface area contributed by atoms with Gasteiger partial charge in [0.25, 0.3) is 0 Å². The summed E-state index contributed by atoms with van der Waals surface area (Å²) in [5.41, 5.74) is 1.95. The van der Waals surface area contributed by atoms with Crippen molar-refractivity contribution in [2.24, 2.45) is 5.92 Å². The highest BCUT2D eigenvalue weighted by Gasteiger charge is 2.07. The van der Waals surface area contributed by atoms with Gasteiger partial charge in [-0.15, -0.1) is 0 Å². The molecule has 0 unspecified atom stereocenters. The molecular formula is C17H24N2O4. The van der Waals surface area contributed by atoms with Crippen molar-refractivity contribution in [1.29, 1.82) is 0 Å². The lowest BCUT2D eigenvalue weighted by atomic mass is 10.1. The number of hydrogen-bond acceptors (Lipinski definition) is 4.